The first-order valence-corrected chi connectivity index (χ1v) is 6.20. The van der Waals surface area contributed by atoms with Crippen LogP contribution in [0.4, 0.5) is 11.4 Å². The Bertz CT molecular complexity index is 491. The predicted molar refractivity (Wildman–Crippen MR) is 74.5 cm³/mol. The Morgan fingerprint density at radius 1 is 1.37 bits per heavy atom. The summed E-state index contributed by atoms with van der Waals surface area (Å²) in [7, 11) is 0. The van der Waals surface area contributed by atoms with Gasteiger partial charge in [0.1, 0.15) is 11.7 Å². The van der Waals surface area contributed by atoms with Gasteiger partial charge in [-0.1, -0.05) is 17.7 Å². The Morgan fingerprint density at radius 2 is 2.00 bits per heavy atom. The molecule has 1 amide bonds. The Hall–Kier alpha value is -1.82. The highest BCUT2D eigenvalue weighted by Crippen LogP contribution is 2.32. The topological polar surface area (TPSA) is 84.3 Å². The number of nitrogens with zero attached hydrogens (tertiary/aromatic N) is 1. The molecule has 2 N–H and O–H groups in total. The van der Waals surface area contributed by atoms with E-state index in [-0.39, 0.29) is 28.3 Å². The van der Waals surface area contributed by atoms with E-state index in [9.17, 15) is 14.9 Å². The van der Waals surface area contributed by atoms with Crippen molar-refractivity contribution in [3.05, 3.63) is 33.3 Å². The number of carbonyl (C=O) groups excluding carboxylic acids is 1. The molecule has 0 radical (unpaired) electrons. The van der Waals surface area contributed by atoms with Crippen LogP contribution >= 0.6 is 11.6 Å². The van der Waals surface area contributed by atoms with Gasteiger partial charge in [0.15, 0.2) is 0 Å². The summed E-state index contributed by atoms with van der Waals surface area (Å²) in [6, 6.07) is 3.73. The van der Waals surface area contributed by atoms with E-state index in [0.717, 1.165) is 0 Å². The van der Waals surface area contributed by atoms with Crippen molar-refractivity contribution in [2.24, 2.45) is 0 Å². The number of nitro groups is 1. The second-order valence-electron chi connectivity index (χ2n) is 4.42. The zero-order valence-electron chi connectivity index (χ0n) is 10.9. The van der Waals surface area contributed by atoms with Gasteiger partial charge in [-0.15, -0.1) is 0 Å². The minimum absolute atomic E-state index is 0.00187. The molecule has 1 atom stereocenters. The first-order valence-electron chi connectivity index (χ1n) is 5.82. The lowest BCUT2D eigenvalue weighted by molar-refractivity contribution is -0.384. The molecule has 19 heavy (non-hydrogen) atoms. The van der Waals surface area contributed by atoms with Gasteiger partial charge in [0.2, 0.25) is 5.91 Å². The van der Waals surface area contributed by atoms with Gasteiger partial charge in [0.25, 0.3) is 5.69 Å². The first-order chi connectivity index (χ1) is 8.82. The van der Waals surface area contributed by atoms with Crippen LogP contribution in [0.2, 0.25) is 5.02 Å². The molecule has 0 spiro atoms. The standard InChI is InChI=1S/C12H16ClN3O3/c1-7(2)14-12(17)8(3)15-11-9(13)5-4-6-10(11)16(18)19/h4-8,15H,1-3H3,(H,14,17). The molecular weight excluding hydrogens is 270 g/mol. The largest absolute Gasteiger partial charge is 0.367 e. The van der Waals surface area contributed by atoms with Crippen LogP contribution in [0, 0.1) is 10.1 Å². The second kappa shape index (κ2) is 6.38. The van der Waals surface area contributed by atoms with Gasteiger partial charge in [0, 0.05) is 12.1 Å². The Morgan fingerprint density at radius 3 is 2.53 bits per heavy atom. The Labute approximate surface area is 116 Å². The van der Waals surface area contributed by atoms with Crippen molar-refractivity contribution in [1.82, 2.24) is 5.32 Å². The van der Waals surface area contributed by atoms with Gasteiger partial charge in [-0.05, 0) is 26.8 Å². The SMILES string of the molecule is CC(C)NC(=O)C(C)Nc1c(Cl)cccc1[N+](=O)[O-]. The number of benzene rings is 1. The van der Waals surface area contributed by atoms with Crippen molar-refractivity contribution in [3.8, 4) is 0 Å². The number of nitrogens with one attached hydrogen (secondary N) is 2. The van der Waals surface area contributed by atoms with Gasteiger partial charge >= 0.3 is 0 Å². The van der Waals surface area contributed by atoms with Crippen molar-refractivity contribution in [1.29, 1.82) is 0 Å². The van der Waals surface area contributed by atoms with Gasteiger partial charge in [-0.25, -0.2) is 0 Å². The summed E-state index contributed by atoms with van der Waals surface area (Å²) in [5.74, 6) is -0.246. The molecule has 0 saturated carbocycles. The number of hydrogen-bond acceptors (Lipinski definition) is 4. The molecule has 0 bridgehead atoms. The molecule has 0 fully saturated rings. The highest BCUT2D eigenvalue weighted by molar-refractivity contribution is 6.33. The quantitative estimate of drug-likeness (QED) is 0.643. The average molecular weight is 286 g/mol. The van der Waals surface area contributed by atoms with E-state index >= 15 is 0 Å². The van der Waals surface area contributed by atoms with Crippen LogP contribution in [0.3, 0.4) is 0 Å². The van der Waals surface area contributed by atoms with Crippen molar-refractivity contribution in [2.45, 2.75) is 32.9 Å². The minimum atomic E-state index is -0.624. The lowest BCUT2D eigenvalue weighted by Crippen LogP contribution is -2.41. The number of nitro benzene ring substituents is 1. The molecule has 0 saturated heterocycles. The third kappa shape index (κ3) is 4.10. The second-order valence-corrected chi connectivity index (χ2v) is 4.83. The number of halogens is 1. The Balaban J connectivity index is 2.93. The van der Waals surface area contributed by atoms with Gasteiger partial charge < -0.3 is 10.6 Å². The lowest BCUT2D eigenvalue weighted by atomic mass is 10.2. The fourth-order valence-electron chi connectivity index (χ4n) is 1.50. The maximum absolute atomic E-state index is 11.8. The fourth-order valence-corrected chi connectivity index (χ4v) is 1.72. The molecule has 1 aromatic rings. The van der Waals surface area contributed by atoms with Crippen LogP contribution in [0.25, 0.3) is 0 Å². The monoisotopic (exact) mass is 285 g/mol. The van der Waals surface area contributed by atoms with Gasteiger partial charge in [0.05, 0.1) is 9.95 Å². The molecule has 0 aliphatic rings. The summed E-state index contributed by atoms with van der Waals surface area (Å²) < 4.78 is 0. The van der Waals surface area contributed by atoms with E-state index < -0.39 is 11.0 Å². The molecule has 0 aliphatic carbocycles. The molecule has 104 valence electrons. The van der Waals surface area contributed by atoms with Crippen LogP contribution in [0.1, 0.15) is 20.8 Å². The van der Waals surface area contributed by atoms with Crippen molar-refractivity contribution >= 4 is 28.9 Å². The predicted octanol–water partition coefficient (Wildman–Crippen LogP) is 2.57. The van der Waals surface area contributed by atoms with Crippen molar-refractivity contribution in [2.75, 3.05) is 5.32 Å². The third-order valence-electron chi connectivity index (χ3n) is 2.37. The minimum Gasteiger partial charge on any atom is -0.367 e. The summed E-state index contributed by atoms with van der Waals surface area (Å²) in [6.45, 7) is 5.29. The normalized spacial score (nSPS) is 12.1. The van der Waals surface area contributed by atoms with E-state index in [2.05, 4.69) is 10.6 Å². The third-order valence-corrected chi connectivity index (χ3v) is 2.69. The highest BCUT2D eigenvalue weighted by atomic mass is 35.5. The van der Waals surface area contributed by atoms with E-state index in [1.807, 2.05) is 13.8 Å². The lowest BCUT2D eigenvalue weighted by Gasteiger charge is -2.17. The molecule has 0 aromatic heterocycles. The molecule has 1 aromatic carbocycles. The van der Waals surface area contributed by atoms with Crippen molar-refractivity contribution < 1.29 is 9.72 Å². The zero-order valence-corrected chi connectivity index (χ0v) is 11.7. The number of carbonyl (C=O) groups is 1. The van der Waals surface area contributed by atoms with Gasteiger partial charge in [-0.3, -0.25) is 14.9 Å². The van der Waals surface area contributed by atoms with Crippen molar-refractivity contribution in [3.63, 3.8) is 0 Å². The van der Waals surface area contributed by atoms with Gasteiger partial charge in [-0.2, -0.15) is 0 Å². The summed E-state index contributed by atoms with van der Waals surface area (Å²) in [5.41, 5.74) is -0.00253. The van der Waals surface area contributed by atoms with Crippen LogP contribution < -0.4 is 10.6 Å². The summed E-state index contributed by atoms with van der Waals surface area (Å²) in [4.78, 5) is 22.1. The molecule has 1 rings (SSSR count). The molecule has 1 unspecified atom stereocenters. The molecular formula is C12H16ClN3O3. The smallest absolute Gasteiger partial charge is 0.293 e. The van der Waals surface area contributed by atoms with Crippen LogP contribution in [-0.4, -0.2) is 22.9 Å². The summed E-state index contributed by atoms with van der Waals surface area (Å²) >= 11 is 5.93. The number of anilines is 1. The van der Waals surface area contributed by atoms with Crippen LogP contribution in [0.5, 0.6) is 0 Å². The molecule has 7 heteroatoms. The Kier molecular flexibility index (Phi) is 5.11. The molecule has 0 aliphatic heterocycles. The van der Waals surface area contributed by atoms with Crippen LogP contribution in [-0.2, 0) is 4.79 Å². The van der Waals surface area contributed by atoms with E-state index in [1.165, 1.54) is 18.2 Å². The van der Waals surface area contributed by atoms with E-state index in [0.29, 0.717) is 0 Å². The number of hydrogen-bond donors (Lipinski definition) is 2. The number of para-hydroxylation sites is 1. The first kappa shape index (κ1) is 15.2. The number of amides is 1. The summed E-state index contributed by atoms with van der Waals surface area (Å²) in [5, 5.41) is 16.6. The maximum Gasteiger partial charge on any atom is 0.293 e. The zero-order chi connectivity index (χ0) is 14.6. The summed E-state index contributed by atoms with van der Waals surface area (Å²) in [6.07, 6.45) is 0. The maximum atomic E-state index is 11.8. The van der Waals surface area contributed by atoms with Crippen LogP contribution in [0.15, 0.2) is 18.2 Å². The fraction of sp³-hybridized carbons (Fsp3) is 0.417. The van der Waals surface area contributed by atoms with E-state index in [4.69, 9.17) is 11.6 Å². The highest BCUT2D eigenvalue weighted by Gasteiger charge is 2.21. The van der Waals surface area contributed by atoms with E-state index in [1.54, 1.807) is 6.92 Å². The average Bonchev–Trinajstić information content (AvgIpc) is 2.30. The molecule has 6 nitrogen and oxygen atoms in total. The number of rotatable bonds is 5. The molecule has 0 heterocycles.